The van der Waals surface area contributed by atoms with Gasteiger partial charge in [-0.1, -0.05) is 12.8 Å². The molecule has 2 N–H and O–H groups in total. The molecule has 0 bridgehead atoms. The Balaban J connectivity index is 1.67. The van der Waals surface area contributed by atoms with Crippen LogP contribution in [0.5, 0.6) is 0 Å². The SMILES string of the molecule is CN1CCC(CN(C)CC(N)C2CCCC2)C1. The molecule has 100 valence electrons. The Hall–Kier alpha value is -0.120. The summed E-state index contributed by atoms with van der Waals surface area (Å²) in [6.07, 6.45) is 6.88. The minimum Gasteiger partial charge on any atom is -0.326 e. The van der Waals surface area contributed by atoms with Crippen LogP contribution in [0.15, 0.2) is 0 Å². The summed E-state index contributed by atoms with van der Waals surface area (Å²) < 4.78 is 0. The minimum absolute atomic E-state index is 0.404. The molecule has 17 heavy (non-hydrogen) atoms. The molecule has 0 aromatic carbocycles. The number of nitrogens with two attached hydrogens (primary N) is 1. The largest absolute Gasteiger partial charge is 0.326 e. The van der Waals surface area contributed by atoms with E-state index in [1.807, 2.05) is 0 Å². The highest BCUT2D eigenvalue weighted by atomic mass is 15.2. The highest BCUT2D eigenvalue weighted by Crippen LogP contribution is 2.27. The molecule has 2 rings (SSSR count). The highest BCUT2D eigenvalue weighted by Gasteiger charge is 2.25. The van der Waals surface area contributed by atoms with Gasteiger partial charge < -0.3 is 15.5 Å². The maximum Gasteiger partial charge on any atom is 0.0196 e. The van der Waals surface area contributed by atoms with E-state index in [4.69, 9.17) is 5.73 Å². The summed E-state index contributed by atoms with van der Waals surface area (Å²) in [5.41, 5.74) is 6.33. The van der Waals surface area contributed by atoms with Crippen LogP contribution in [0.3, 0.4) is 0 Å². The van der Waals surface area contributed by atoms with Gasteiger partial charge in [-0.15, -0.1) is 0 Å². The van der Waals surface area contributed by atoms with Crippen molar-refractivity contribution in [3.05, 3.63) is 0 Å². The van der Waals surface area contributed by atoms with Gasteiger partial charge in [0, 0.05) is 25.7 Å². The zero-order valence-electron chi connectivity index (χ0n) is 11.6. The highest BCUT2D eigenvalue weighted by molar-refractivity contribution is 4.81. The minimum atomic E-state index is 0.404. The van der Waals surface area contributed by atoms with Gasteiger partial charge >= 0.3 is 0 Å². The molecule has 2 aliphatic rings. The zero-order chi connectivity index (χ0) is 12.3. The molecule has 3 heteroatoms. The van der Waals surface area contributed by atoms with E-state index in [0.29, 0.717) is 6.04 Å². The number of nitrogens with zero attached hydrogens (tertiary/aromatic N) is 2. The predicted octanol–water partition coefficient (Wildman–Crippen LogP) is 1.39. The molecule has 0 radical (unpaired) electrons. The normalized spacial score (nSPS) is 29.3. The lowest BCUT2D eigenvalue weighted by molar-refractivity contribution is 0.236. The fourth-order valence-electron chi connectivity index (χ4n) is 3.59. The topological polar surface area (TPSA) is 32.5 Å². The van der Waals surface area contributed by atoms with Crippen LogP contribution in [0.2, 0.25) is 0 Å². The molecule has 1 saturated carbocycles. The van der Waals surface area contributed by atoms with E-state index in [2.05, 4.69) is 23.9 Å². The molecule has 2 fully saturated rings. The Morgan fingerprint density at radius 1 is 1.29 bits per heavy atom. The summed E-state index contributed by atoms with van der Waals surface area (Å²) in [7, 11) is 4.47. The second-order valence-corrected chi connectivity index (χ2v) is 6.35. The molecule has 0 aromatic heterocycles. The van der Waals surface area contributed by atoms with Crippen molar-refractivity contribution >= 4 is 0 Å². The van der Waals surface area contributed by atoms with Crippen LogP contribution in [-0.4, -0.2) is 56.1 Å². The van der Waals surface area contributed by atoms with Crippen LogP contribution in [0.4, 0.5) is 0 Å². The molecule has 2 atom stereocenters. The van der Waals surface area contributed by atoms with Crippen molar-refractivity contribution in [2.75, 3.05) is 40.3 Å². The molecule has 0 amide bonds. The van der Waals surface area contributed by atoms with Crippen LogP contribution in [0.1, 0.15) is 32.1 Å². The quantitative estimate of drug-likeness (QED) is 0.787. The van der Waals surface area contributed by atoms with E-state index in [0.717, 1.165) is 18.4 Å². The Bertz CT molecular complexity index is 226. The number of likely N-dealkylation sites (N-methyl/N-ethyl adjacent to an activating group) is 1. The Morgan fingerprint density at radius 3 is 2.59 bits per heavy atom. The van der Waals surface area contributed by atoms with Gasteiger partial charge in [-0.05, 0) is 51.7 Å². The third-order valence-electron chi connectivity index (χ3n) is 4.59. The van der Waals surface area contributed by atoms with Crippen molar-refractivity contribution in [1.29, 1.82) is 0 Å². The second-order valence-electron chi connectivity index (χ2n) is 6.35. The maximum atomic E-state index is 6.33. The molecule has 1 aliphatic carbocycles. The summed E-state index contributed by atoms with van der Waals surface area (Å²) in [5, 5.41) is 0. The van der Waals surface area contributed by atoms with Gasteiger partial charge in [0.05, 0.1) is 0 Å². The average Bonchev–Trinajstić information content (AvgIpc) is 2.89. The van der Waals surface area contributed by atoms with Crippen molar-refractivity contribution in [2.24, 2.45) is 17.6 Å². The first kappa shape index (κ1) is 13.3. The van der Waals surface area contributed by atoms with E-state index in [9.17, 15) is 0 Å². The second kappa shape index (κ2) is 6.17. The van der Waals surface area contributed by atoms with Crippen LogP contribution in [0, 0.1) is 11.8 Å². The summed E-state index contributed by atoms with van der Waals surface area (Å²) in [5.74, 6) is 1.66. The molecule has 0 aromatic rings. The Morgan fingerprint density at radius 2 is 2.00 bits per heavy atom. The van der Waals surface area contributed by atoms with Gasteiger partial charge in [0.25, 0.3) is 0 Å². The third-order valence-corrected chi connectivity index (χ3v) is 4.59. The van der Waals surface area contributed by atoms with E-state index in [1.54, 1.807) is 0 Å². The molecule has 2 unspecified atom stereocenters. The maximum absolute atomic E-state index is 6.33. The van der Waals surface area contributed by atoms with Gasteiger partial charge in [-0.25, -0.2) is 0 Å². The fraction of sp³-hybridized carbons (Fsp3) is 1.00. The number of likely N-dealkylation sites (tertiary alicyclic amines) is 1. The van der Waals surface area contributed by atoms with Crippen molar-refractivity contribution in [2.45, 2.75) is 38.1 Å². The third kappa shape index (κ3) is 3.94. The molecule has 3 nitrogen and oxygen atoms in total. The van der Waals surface area contributed by atoms with Crippen molar-refractivity contribution in [1.82, 2.24) is 9.80 Å². The molecule has 1 saturated heterocycles. The first-order valence-corrected chi connectivity index (χ1v) is 7.28. The van der Waals surface area contributed by atoms with Crippen LogP contribution >= 0.6 is 0 Å². The number of hydrogen-bond acceptors (Lipinski definition) is 3. The molecule has 0 spiro atoms. The van der Waals surface area contributed by atoms with E-state index < -0.39 is 0 Å². The van der Waals surface area contributed by atoms with E-state index >= 15 is 0 Å². The fourth-order valence-corrected chi connectivity index (χ4v) is 3.59. The van der Waals surface area contributed by atoms with E-state index in [-0.39, 0.29) is 0 Å². The Kier molecular flexibility index (Phi) is 4.83. The van der Waals surface area contributed by atoms with Gasteiger partial charge in [0.15, 0.2) is 0 Å². The van der Waals surface area contributed by atoms with Crippen molar-refractivity contribution in [3.8, 4) is 0 Å². The van der Waals surface area contributed by atoms with Gasteiger partial charge in [-0.2, -0.15) is 0 Å². The van der Waals surface area contributed by atoms with Crippen LogP contribution < -0.4 is 5.73 Å². The van der Waals surface area contributed by atoms with Crippen LogP contribution in [0.25, 0.3) is 0 Å². The van der Waals surface area contributed by atoms with Crippen LogP contribution in [-0.2, 0) is 0 Å². The number of hydrogen-bond donors (Lipinski definition) is 1. The smallest absolute Gasteiger partial charge is 0.0196 e. The molecular weight excluding hydrogens is 210 g/mol. The zero-order valence-corrected chi connectivity index (χ0v) is 11.6. The lowest BCUT2D eigenvalue weighted by atomic mass is 9.98. The average molecular weight is 239 g/mol. The molecule has 1 heterocycles. The summed E-state index contributed by atoms with van der Waals surface area (Å²) in [6.45, 7) is 4.85. The molecular formula is C14H29N3. The summed E-state index contributed by atoms with van der Waals surface area (Å²) >= 11 is 0. The summed E-state index contributed by atoms with van der Waals surface area (Å²) in [4.78, 5) is 4.90. The lowest BCUT2D eigenvalue weighted by Gasteiger charge is -2.27. The standard InChI is InChI=1S/C14H29N3/c1-16-8-7-12(9-16)10-17(2)11-14(15)13-5-3-4-6-13/h12-14H,3-11,15H2,1-2H3. The monoisotopic (exact) mass is 239 g/mol. The summed E-state index contributed by atoms with van der Waals surface area (Å²) in [6, 6.07) is 0.404. The lowest BCUT2D eigenvalue weighted by Crippen LogP contribution is -2.41. The van der Waals surface area contributed by atoms with Gasteiger partial charge in [0.1, 0.15) is 0 Å². The van der Waals surface area contributed by atoms with E-state index in [1.165, 1.54) is 51.7 Å². The molecule has 1 aliphatic heterocycles. The predicted molar refractivity (Wildman–Crippen MR) is 73.0 cm³/mol. The first-order valence-electron chi connectivity index (χ1n) is 7.28. The van der Waals surface area contributed by atoms with Crippen molar-refractivity contribution in [3.63, 3.8) is 0 Å². The number of rotatable bonds is 5. The van der Waals surface area contributed by atoms with Gasteiger partial charge in [0.2, 0.25) is 0 Å². The Labute approximate surface area is 106 Å². The van der Waals surface area contributed by atoms with Gasteiger partial charge in [-0.3, -0.25) is 0 Å². The first-order chi connectivity index (χ1) is 8.15. The van der Waals surface area contributed by atoms with Crippen molar-refractivity contribution < 1.29 is 0 Å².